The number of ether oxygens (including phenoxy) is 2. The first kappa shape index (κ1) is 73.2. The molecule has 100 heavy (non-hydrogen) atoms. The maximum absolute atomic E-state index is 15.8. The summed E-state index contributed by atoms with van der Waals surface area (Å²) in [6.45, 7) is 20.6. The highest BCUT2D eigenvalue weighted by Crippen LogP contribution is 2.41. The molecule has 1 spiro atoms. The number of amides is 6. The fourth-order valence-electron chi connectivity index (χ4n) is 13.7. The number of alkyl halides is 1. The molecule has 540 valence electrons. The number of aliphatic hydroxyl groups is 1. The number of anilines is 3. The summed E-state index contributed by atoms with van der Waals surface area (Å²) < 4.78 is 58.0. The average molecular weight is 1400 g/mol. The lowest BCUT2D eigenvalue weighted by atomic mass is 9.82. The van der Waals surface area contributed by atoms with E-state index >= 15 is 8.78 Å². The molecular formula is C72H96F3N15O9S. The molecule has 6 amide bonds. The van der Waals surface area contributed by atoms with Gasteiger partial charge < -0.3 is 61.2 Å². The van der Waals surface area contributed by atoms with Crippen molar-refractivity contribution < 1.29 is 56.5 Å². The van der Waals surface area contributed by atoms with E-state index in [4.69, 9.17) is 9.47 Å². The number of aliphatic hydroxyl groups excluding tert-OH is 1. The monoisotopic (exact) mass is 1400 g/mol. The number of likely N-dealkylation sites (tertiary alicyclic amines) is 2. The molecule has 6 fully saturated rings. The highest BCUT2D eigenvalue weighted by molar-refractivity contribution is 7.13. The van der Waals surface area contributed by atoms with Gasteiger partial charge in [-0.2, -0.15) is 0 Å². The number of halogens is 3. The fraction of sp³-hybridized carbons (Fsp3) is 0.569. The van der Waals surface area contributed by atoms with E-state index < -0.39 is 64.2 Å². The van der Waals surface area contributed by atoms with Crippen LogP contribution in [-0.2, 0) is 59.7 Å². The summed E-state index contributed by atoms with van der Waals surface area (Å²) in [6, 6.07) is 15.7. The number of piperazine rings is 2. The highest BCUT2D eigenvalue weighted by Gasteiger charge is 2.53. The van der Waals surface area contributed by atoms with Crippen molar-refractivity contribution in [3.8, 4) is 16.2 Å². The number of carbonyl (C=O) groups excluding carboxylic acids is 6. The molecule has 0 unspecified atom stereocenters. The summed E-state index contributed by atoms with van der Waals surface area (Å²) in [5.74, 6) is -1.98. The summed E-state index contributed by atoms with van der Waals surface area (Å²) in [6.07, 6.45) is 3.85. The quantitative estimate of drug-likeness (QED) is 0.0322. The van der Waals surface area contributed by atoms with E-state index in [0.717, 1.165) is 85.2 Å². The molecule has 1 aliphatic carbocycles. The lowest BCUT2D eigenvalue weighted by Crippen LogP contribution is -2.66. The standard InChI is InChI=1S/C72H96F3N15O9S/c1-47-64(100-46-82-47)50-10-11-51(38-79-66(95)57-33-53(91)40-90(57)67(96)65(69(2,3)4)83-68(97)72(75)12-13-72)58(32-50)99-43-63(94)76-18-23-85-24-26-86(27-25-85)28-29-98-42-62(93)78-37-49-9-7-8-48(30-49)36-77-59-35-60(81-45-80-59)88-21-16-71(17-22-88)44-89(41-61(92)84-71)56-34-54(73)52(31-55(56)74)39-87-19-14-70(5,6)15-20-87/h7-11,30-32,34-35,45-46,53,57,65,91H,12-29,33,36-44H2,1-6H3,(H,76,94)(H,78,93)(H,79,95)(H,83,97)(H,84,92)(H,77,80,81)/t53-,57+,65-/m1/s1. The van der Waals surface area contributed by atoms with Crippen LogP contribution >= 0.6 is 11.3 Å². The summed E-state index contributed by atoms with van der Waals surface area (Å²) in [7, 11) is 0. The number of rotatable bonds is 27. The normalized spacial score (nSPS) is 20.3. The number of β-amino-alcohol motifs (C(OH)–C–C–N with tert-alkyl or cyclic N) is 1. The zero-order chi connectivity index (χ0) is 70.9. The molecule has 5 aliphatic heterocycles. The molecule has 3 atom stereocenters. The molecule has 28 heteroatoms. The Balaban J connectivity index is 0.559. The van der Waals surface area contributed by atoms with Crippen LogP contribution in [0.2, 0.25) is 0 Å². The highest BCUT2D eigenvalue weighted by atomic mass is 32.1. The zero-order valence-electron chi connectivity index (χ0n) is 58.2. The van der Waals surface area contributed by atoms with Gasteiger partial charge in [-0.3, -0.25) is 43.5 Å². The van der Waals surface area contributed by atoms with Gasteiger partial charge in [-0.25, -0.2) is 28.1 Å². The molecule has 7 N–H and O–H groups in total. The van der Waals surface area contributed by atoms with Crippen LogP contribution in [0.3, 0.4) is 0 Å². The Morgan fingerprint density at radius 1 is 0.770 bits per heavy atom. The number of benzene rings is 3. The summed E-state index contributed by atoms with van der Waals surface area (Å²) in [5.41, 5.74) is 3.12. The van der Waals surface area contributed by atoms with Crippen molar-refractivity contribution in [1.29, 1.82) is 0 Å². The van der Waals surface area contributed by atoms with E-state index in [9.17, 15) is 38.3 Å². The van der Waals surface area contributed by atoms with E-state index in [2.05, 4.69) is 80.3 Å². The molecule has 1 saturated carbocycles. The van der Waals surface area contributed by atoms with E-state index in [1.54, 1.807) is 43.3 Å². The largest absolute Gasteiger partial charge is 0.483 e. The number of hydrogen-bond donors (Lipinski definition) is 7. The molecule has 5 aromatic rings. The fourth-order valence-corrected chi connectivity index (χ4v) is 14.5. The van der Waals surface area contributed by atoms with Gasteiger partial charge in [-0.15, -0.1) is 11.3 Å². The summed E-state index contributed by atoms with van der Waals surface area (Å²) in [5, 5.41) is 28.7. The third-order valence-electron chi connectivity index (χ3n) is 20.2. The van der Waals surface area contributed by atoms with Crippen LogP contribution in [0.15, 0.2) is 72.5 Å². The van der Waals surface area contributed by atoms with Crippen molar-refractivity contribution in [2.75, 3.05) is 127 Å². The van der Waals surface area contributed by atoms with Crippen LogP contribution in [0, 0.1) is 29.4 Å². The Kier molecular flexibility index (Phi) is 23.3. The lowest BCUT2D eigenvalue weighted by Gasteiger charge is -2.48. The summed E-state index contributed by atoms with van der Waals surface area (Å²) in [4.78, 5) is 106. The number of carbonyl (C=O) groups is 6. The maximum atomic E-state index is 15.8. The molecule has 0 radical (unpaired) electrons. The van der Waals surface area contributed by atoms with E-state index in [1.165, 1.54) is 34.7 Å². The van der Waals surface area contributed by atoms with Crippen molar-refractivity contribution in [3.05, 3.63) is 112 Å². The van der Waals surface area contributed by atoms with Gasteiger partial charge in [0, 0.05) is 128 Å². The molecule has 24 nitrogen and oxygen atoms in total. The third-order valence-corrected chi connectivity index (χ3v) is 21.2. The predicted molar refractivity (Wildman–Crippen MR) is 374 cm³/mol. The zero-order valence-corrected chi connectivity index (χ0v) is 59.1. The first-order chi connectivity index (χ1) is 47.8. The van der Waals surface area contributed by atoms with Crippen LogP contribution in [0.4, 0.5) is 30.5 Å². The molecular weight excluding hydrogens is 1310 g/mol. The van der Waals surface area contributed by atoms with Crippen molar-refractivity contribution in [3.63, 3.8) is 0 Å². The topological polar surface area (TPSA) is 271 Å². The second kappa shape index (κ2) is 31.9. The first-order valence-corrected chi connectivity index (χ1v) is 35.8. The lowest BCUT2D eigenvalue weighted by molar-refractivity contribution is -0.145. The van der Waals surface area contributed by atoms with Crippen LogP contribution in [0.1, 0.15) is 108 Å². The van der Waals surface area contributed by atoms with Crippen molar-refractivity contribution in [2.45, 2.75) is 142 Å². The Hall–Kier alpha value is -8.02. The maximum Gasteiger partial charge on any atom is 0.258 e. The van der Waals surface area contributed by atoms with Gasteiger partial charge in [-0.1, -0.05) is 71.0 Å². The second-order valence-corrected chi connectivity index (χ2v) is 30.4. The van der Waals surface area contributed by atoms with Crippen molar-refractivity contribution in [2.24, 2.45) is 10.8 Å². The minimum absolute atomic E-state index is 0.0258. The molecule has 11 rings (SSSR count). The van der Waals surface area contributed by atoms with Gasteiger partial charge in [0.1, 0.15) is 54.0 Å². The van der Waals surface area contributed by atoms with Gasteiger partial charge in [-0.05, 0) is 98.2 Å². The van der Waals surface area contributed by atoms with Crippen molar-refractivity contribution >= 4 is 64.1 Å². The van der Waals surface area contributed by atoms with Crippen molar-refractivity contribution in [1.82, 2.24) is 61.1 Å². The summed E-state index contributed by atoms with van der Waals surface area (Å²) >= 11 is 1.46. The number of nitrogens with one attached hydrogen (secondary N) is 6. The van der Waals surface area contributed by atoms with E-state index in [1.807, 2.05) is 43.3 Å². The molecule has 5 saturated heterocycles. The molecule has 2 aromatic heterocycles. The Morgan fingerprint density at radius 2 is 1.49 bits per heavy atom. The van der Waals surface area contributed by atoms with Crippen LogP contribution < -0.4 is 46.4 Å². The van der Waals surface area contributed by atoms with Gasteiger partial charge in [0.25, 0.3) is 11.8 Å². The average Bonchev–Trinajstić information content (AvgIpc) is 1.30. The van der Waals surface area contributed by atoms with Gasteiger partial charge in [0.15, 0.2) is 12.3 Å². The molecule has 7 heterocycles. The number of aryl methyl sites for hydroxylation is 1. The SMILES string of the molecule is Cc1ncsc1-c1ccc(CNC(=O)[C@@H]2C[C@@H](O)CN2C(=O)[C@@H](NC(=O)C2(F)CC2)C(C)(C)C)c(OCC(=O)NCCN2CCN(CCOCC(=O)NCc3cccc(CNc4cc(N5CCC6(CC5)CN(c5cc(F)c(CN7CCC(C)(C)CC7)cc5F)CC(=O)N6)ncn4)c3)CC2)c1. The predicted octanol–water partition coefficient (Wildman–Crippen LogP) is 5.45. The van der Waals surface area contributed by atoms with Crippen LogP contribution in [0.5, 0.6) is 5.75 Å². The molecule has 0 bridgehead atoms. The van der Waals surface area contributed by atoms with Crippen LogP contribution in [0.25, 0.3) is 10.4 Å². The Morgan fingerprint density at radius 3 is 2.20 bits per heavy atom. The molecule has 6 aliphatic rings. The van der Waals surface area contributed by atoms with Crippen LogP contribution in [-0.4, -0.2) is 216 Å². The third kappa shape index (κ3) is 19.1. The Bertz CT molecular complexity index is 3730. The number of piperidine rings is 2. The minimum Gasteiger partial charge on any atom is -0.483 e. The Labute approximate surface area is 586 Å². The van der Waals surface area contributed by atoms with Gasteiger partial charge in [0.05, 0.1) is 46.6 Å². The number of aromatic nitrogens is 3. The smallest absolute Gasteiger partial charge is 0.258 e. The van der Waals surface area contributed by atoms with Gasteiger partial charge in [0.2, 0.25) is 23.6 Å². The number of hydrogen-bond acceptors (Lipinski definition) is 19. The van der Waals surface area contributed by atoms with E-state index in [-0.39, 0.29) is 80.9 Å². The van der Waals surface area contributed by atoms with Gasteiger partial charge >= 0.3 is 0 Å². The van der Waals surface area contributed by atoms with E-state index in [0.29, 0.717) is 101 Å². The number of thiazole rings is 1. The second-order valence-electron chi connectivity index (χ2n) is 29.5. The number of nitrogens with zero attached hydrogens (tertiary/aromatic N) is 9. The molecule has 3 aromatic carbocycles. The first-order valence-electron chi connectivity index (χ1n) is 34.9. The minimum atomic E-state index is -2.01.